The third-order valence-electron chi connectivity index (χ3n) is 5.01. The third-order valence-corrected chi connectivity index (χ3v) is 5.01. The van der Waals surface area contributed by atoms with Crippen molar-refractivity contribution >= 4 is 55.4 Å². The Bertz CT molecular complexity index is 1410. The average Bonchev–Trinajstić information content (AvgIpc) is 3.28. The number of nitrogens with zero attached hydrogens (tertiary/aromatic N) is 1. The van der Waals surface area contributed by atoms with Crippen LogP contribution in [-0.2, 0) is 0 Å². The number of hydrogen-bond donors (Lipinski definition) is 3. The standard InChI is InChI=1S/C19H10N4O2/c24-18-12-11-9-4-2-1-3-8(9)5-6-10(11)15-14(13(12)19(25)23-18)16-17(22-15)21-7-20-16/h1-7,22H,(H,20,21)(H,23,24,25). The van der Waals surface area contributed by atoms with E-state index >= 15 is 0 Å². The van der Waals surface area contributed by atoms with Gasteiger partial charge in [-0.25, -0.2) is 4.98 Å². The van der Waals surface area contributed by atoms with Gasteiger partial charge < -0.3 is 9.97 Å². The lowest BCUT2D eigenvalue weighted by atomic mass is 9.92. The van der Waals surface area contributed by atoms with Gasteiger partial charge in [0.25, 0.3) is 11.8 Å². The number of amides is 2. The molecule has 3 N–H and O–H groups in total. The molecule has 6 heteroatoms. The Labute approximate surface area is 139 Å². The van der Waals surface area contributed by atoms with Gasteiger partial charge in [0.05, 0.1) is 28.5 Å². The zero-order valence-corrected chi connectivity index (χ0v) is 12.8. The van der Waals surface area contributed by atoms with E-state index in [4.69, 9.17) is 0 Å². The van der Waals surface area contributed by atoms with Gasteiger partial charge in [-0.05, 0) is 10.8 Å². The topological polar surface area (TPSA) is 90.6 Å². The van der Waals surface area contributed by atoms with Gasteiger partial charge in [-0.3, -0.25) is 14.9 Å². The van der Waals surface area contributed by atoms with E-state index in [1.54, 1.807) is 6.33 Å². The van der Waals surface area contributed by atoms with E-state index in [9.17, 15) is 9.59 Å². The molecule has 1 aliphatic rings. The summed E-state index contributed by atoms with van der Waals surface area (Å²) in [7, 11) is 0. The quantitative estimate of drug-likeness (QED) is 0.301. The third kappa shape index (κ3) is 1.38. The molecule has 0 aliphatic carbocycles. The highest BCUT2D eigenvalue weighted by molar-refractivity contribution is 6.38. The Kier molecular flexibility index (Phi) is 2.06. The fourth-order valence-electron chi connectivity index (χ4n) is 4.02. The Morgan fingerprint density at radius 3 is 2.48 bits per heavy atom. The molecule has 0 radical (unpaired) electrons. The zero-order chi connectivity index (χ0) is 16.7. The molecule has 0 atom stereocenters. The number of imide groups is 1. The van der Waals surface area contributed by atoms with Gasteiger partial charge in [-0.1, -0.05) is 36.4 Å². The first kappa shape index (κ1) is 12.7. The van der Waals surface area contributed by atoms with Crippen molar-refractivity contribution in [3.05, 3.63) is 53.9 Å². The van der Waals surface area contributed by atoms with Gasteiger partial charge in [0.1, 0.15) is 0 Å². The average molecular weight is 326 g/mol. The number of aromatic amines is 2. The predicted molar refractivity (Wildman–Crippen MR) is 94.8 cm³/mol. The Morgan fingerprint density at radius 1 is 0.800 bits per heavy atom. The number of hydrogen-bond acceptors (Lipinski definition) is 3. The van der Waals surface area contributed by atoms with Gasteiger partial charge in [0, 0.05) is 16.2 Å². The number of carbonyl (C=O) groups excluding carboxylic acids is 2. The molecule has 0 bridgehead atoms. The number of carbonyl (C=O) groups is 2. The molecule has 0 saturated heterocycles. The molecular formula is C19H10N4O2. The molecule has 0 fully saturated rings. The second kappa shape index (κ2) is 4.05. The van der Waals surface area contributed by atoms with Crippen LogP contribution in [0.4, 0.5) is 0 Å². The van der Waals surface area contributed by atoms with E-state index in [1.807, 2.05) is 36.4 Å². The van der Waals surface area contributed by atoms with E-state index in [1.165, 1.54) is 0 Å². The highest BCUT2D eigenvalue weighted by Gasteiger charge is 2.34. The van der Waals surface area contributed by atoms with Crippen LogP contribution in [-0.4, -0.2) is 26.8 Å². The molecule has 3 aromatic carbocycles. The maximum atomic E-state index is 12.6. The maximum Gasteiger partial charge on any atom is 0.259 e. The molecule has 2 aromatic heterocycles. The summed E-state index contributed by atoms with van der Waals surface area (Å²) in [5.41, 5.74) is 3.09. The Hall–Kier alpha value is -3.67. The van der Waals surface area contributed by atoms with Crippen LogP contribution < -0.4 is 5.32 Å². The number of aromatic nitrogens is 3. The first-order valence-electron chi connectivity index (χ1n) is 7.92. The van der Waals surface area contributed by atoms with Gasteiger partial charge in [-0.15, -0.1) is 0 Å². The molecule has 5 aromatic rings. The summed E-state index contributed by atoms with van der Waals surface area (Å²) < 4.78 is 0. The Balaban J connectivity index is 2.03. The van der Waals surface area contributed by atoms with E-state index < -0.39 is 0 Å². The molecule has 0 unspecified atom stereocenters. The molecule has 0 spiro atoms. The van der Waals surface area contributed by atoms with Crippen LogP contribution in [0.2, 0.25) is 0 Å². The fourth-order valence-corrected chi connectivity index (χ4v) is 4.02. The van der Waals surface area contributed by atoms with Crippen molar-refractivity contribution in [3.8, 4) is 0 Å². The summed E-state index contributed by atoms with van der Waals surface area (Å²) >= 11 is 0. The minimum Gasteiger partial charge on any atom is -0.343 e. The largest absolute Gasteiger partial charge is 0.343 e. The van der Waals surface area contributed by atoms with Gasteiger partial charge in [-0.2, -0.15) is 0 Å². The van der Waals surface area contributed by atoms with Crippen LogP contribution in [0.15, 0.2) is 42.7 Å². The van der Waals surface area contributed by atoms with Crippen LogP contribution in [0.3, 0.4) is 0 Å². The van der Waals surface area contributed by atoms with Crippen molar-refractivity contribution in [3.63, 3.8) is 0 Å². The van der Waals surface area contributed by atoms with E-state index in [-0.39, 0.29) is 11.8 Å². The summed E-state index contributed by atoms with van der Waals surface area (Å²) in [4.78, 5) is 35.8. The number of fused-ring (bicyclic) bond motifs is 10. The second-order valence-corrected chi connectivity index (χ2v) is 6.24. The van der Waals surface area contributed by atoms with Crippen LogP contribution in [0.1, 0.15) is 20.7 Å². The SMILES string of the molecule is O=C1NC(=O)c2c1c1c3ccccc3ccc1c1[nH]c3nc[nH]c3c21. The minimum atomic E-state index is -0.365. The lowest BCUT2D eigenvalue weighted by molar-refractivity contribution is 0.0880. The summed E-state index contributed by atoms with van der Waals surface area (Å²) in [6.45, 7) is 0. The zero-order valence-electron chi connectivity index (χ0n) is 12.8. The van der Waals surface area contributed by atoms with Crippen molar-refractivity contribution < 1.29 is 9.59 Å². The molecule has 0 saturated carbocycles. The molecule has 6 nitrogen and oxygen atoms in total. The van der Waals surface area contributed by atoms with E-state index in [0.29, 0.717) is 22.2 Å². The van der Waals surface area contributed by atoms with Crippen molar-refractivity contribution in [2.75, 3.05) is 0 Å². The molecule has 25 heavy (non-hydrogen) atoms. The first-order chi connectivity index (χ1) is 12.2. The van der Waals surface area contributed by atoms with Crippen LogP contribution in [0.25, 0.3) is 43.6 Å². The summed E-state index contributed by atoms with van der Waals surface area (Å²) in [6.07, 6.45) is 1.58. The van der Waals surface area contributed by atoms with Crippen LogP contribution >= 0.6 is 0 Å². The van der Waals surface area contributed by atoms with Crippen molar-refractivity contribution in [1.29, 1.82) is 0 Å². The van der Waals surface area contributed by atoms with Gasteiger partial charge in [0.15, 0.2) is 5.65 Å². The molecule has 1 aliphatic heterocycles. The highest BCUT2D eigenvalue weighted by Crippen LogP contribution is 2.40. The van der Waals surface area contributed by atoms with Crippen LogP contribution in [0.5, 0.6) is 0 Å². The number of nitrogens with one attached hydrogen (secondary N) is 3. The van der Waals surface area contributed by atoms with Crippen molar-refractivity contribution in [2.45, 2.75) is 0 Å². The predicted octanol–water partition coefficient (Wildman–Crippen LogP) is 3.23. The first-order valence-corrected chi connectivity index (χ1v) is 7.92. The summed E-state index contributed by atoms with van der Waals surface area (Å²) in [5, 5.41) is 6.85. The van der Waals surface area contributed by atoms with Gasteiger partial charge >= 0.3 is 0 Å². The lowest BCUT2D eigenvalue weighted by Gasteiger charge is -2.09. The van der Waals surface area contributed by atoms with Crippen molar-refractivity contribution in [2.24, 2.45) is 0 Å². The summed E-state index contributed by atoms with van der Waals surface area (Å²) in [5.74, 6) is -0.715. The maximum absolute atomic E-state index is 12.6. The smallest absolute Gasteiger partial charge is 0.259 e. The molecule has 118 valence electrons. The number of rotatable bonds is 0. The van der Waals surface area contributed by atoms with E-state index in [2.05, 4.69) is 20.3 Å². The fraction of sp³-hybridized carbons (Fsp3) is 0. The van der Waals surface area contributed by atoms with Crippen molar-refractivity contribution in [1.82, 2.24) is 20.3 Å². The Morgan fingerprint density at radius 2 is 1.60 bits per heavy atom. The monoisotopic (exact) mass is 326 g/mol. The van der Waals surface area contributed by atoms with E-state index in [0.717, 1.165) is 32.6 Å². The highest BCUT2D eigenvalue weighted by atomic mass is 16.2. The summed E-state index contributed by atoms with van der Waals surface area (Å²) in [6, 6.07) is 11.9. The number of benzene rings is 3. The molecule has 2 amide bonds. The minimum absolute atomic E-state index is 0.350. The normalized spacial score (nSPS) is 14.1. The van der Waals surface area contributed by atoms with Gasteiger partial charge in [0.2, 0.25) is 0 Å². The molecular weight excluding hydrogens is 316 g/mol. The number of imidazole rings is 1. The molecule has 6 rings (SSSR count). The number of H-pyrrole nitrogens is 2. The lowest BCUT2D eigenvalue weighted by Crippen LogP contribution is -2.20. The van der Waals surface area contributed by atoms with Crippen LogP contribution in [0, 0.1) is 0 Å². The molecule has 3 heterocycles. The second-order valence-electron chi connectivity index (χ2n) is 6.24.